The minimum atomic E-state index is -0.600. The Morgan fingerprint density at radius 1 is 1.33 bits per heavy atom. The Kier molecular flexibility index (Phi) is 3.76. The van der Waals surface area contributed by atoms with Crippen LogP contribution in [-0.2, 0) is 22.6 Å². The summed E-state index contributed by atoms with van der Waals surface area (Å²) in [6.07, 6.45) is 3.04. The van der Waals surface area contributed by atoms with Crippen LogP contribution in [0.2, 0.25) is 5.02 Å². The number of carbonyl (C=O) groups excluding carboxylic acids is 2. The van der Waals surface area contributed by atoms with Crippen LogP contribution in [0, 0.1) is 5.92 Å². The summed E-state index contributed by atoms with van der Waals surface area (Å²) in [5, 5.41) is 7.56. The highest BCUT2D eigenvalue weighted by Crippen LogP contribution is 2.29. The first-order valence-electron chi connectivity index (χ1n) is 8.00. The van der Waals surface area contributed by atoms with Gasteiger partial charge in [-0.05, 0) is 24.6 Å². The molecule has 1 saturated heterocycles. The quantitative estimate of drug-likeness (QED) is 0.847. The van der Waals surface area contributed by atoms with Gasteiger partial charge in [0.05, 0.1) is 6.20 Å². The van der Waals surface area contributed by atoms with E-state index in [1.54, 1.807) is 28.1 Å². The molecule has 2 amide bonds. The van der Waals surface area contributed by atoms with Gasteiger partial charge in [-0.15, -0.1) is 0 Å². The Morgan fingerprint density at radius 2 is 2.21 bits per heavy atom. The topological polar surface area (TPSA) is 69.3 Å². The lowest BCUT2D eigenvalue weighted by Crippen LogP contribution is -2.42. The van der Waals surface area contributed by atoms with Crippen molar-refractivity contribution < 1.29 is 9.59 Å². The van der Waals surface area contributed by atoms with Crippen molar-refractivity contribution in [3.63, 3.8) is 0 Å². The van der Waals surface area contributed by atoms with E-state index in [9.17, 15) is 9.59 Å². The summed E-state index contributed by atoms with van der Waals surface area (Å²) in [6, 6.07) is 7.18. The number of benzene rings is 1. The van der Waals surface area contributed by atoms with E-state index in [1.807, 2.05) is 12.1 Å². The number of H-pyrrole nitrogens is 1. The number of carbonyl (C=O) groups is 2. The van der Waals surface area contributed by atoms with Gasteiger partial charge >= 0.3 is 0 Å². The molecule has 2 aliphatic heterocycles. The van der Waals surface area contributed by atoms with Gasteiger partial charge in [-0.2, -0.15) is 5.10 Å². The average Bonchev–Trinajstić information content (AvgIpc) is 3.19. The maximum atomic E-state index is 12.8. The van der Waals surface area contributed by atoms with Gasteiger partial charge < -0.3 is 9.80 Å². The van der Waals surface area contributed by atoms with Crippen LogP contribution in [0.25, 0.3) is 0 Å². The smallest absolute Gasteiger partial charge is 0.239 e. The van der Waals surface area contributed by atoms with Gasteiger partial charge in [0, 0.05) is 48.0 Å². The van der Waals surface area contributed by atoms with Crippen LogP contribution in [-0.4, -0.2) is 40.0 Å². The number of nitrogens with one attached hydrogen (secondary N) is 1. The Hall–Kier alpha value is -2.34. The lowest BCUT2D eigenvalue weighted by atomic mass is 10.0. The van der Waals surface area contributed by atoms with E-state index in [1.165, 1.54) is 0 Å². The van der Waals surface area contributed by atoms with Crippen molar-refractivity contribution >= 4 is 29.1 Å². The summed E-state index contributed by atoms with van der Waals surface area (Å²) in [7, 11) is 0. The molecule has 2 aromatic rings. The molecule has 0 radical (unpaired) electrons. The molecule has 1 aromatic carbocycles. The lowest BCUT2D eigenvalue weighted by Gasteiger charge is -2.28. The Bertz CT molecular complexity index is 803. The molecule has 0 bridgehead atoms. The van der Waals surface area contributed by atoms with E-state index in [-0.39, 0.29) is 11.8 Å². The number of nitrogens with zero attached hydrogens (tertiary/aromatic N) is 3. The van der Waals surface area contributed by atoms with Crippen molar-refractivity contribution in [1.82, 2.24) is 15.1 Å². The third kappa shape index (κ3) is 2.57. The molecule has 0 unspecified atom stereocenters. The summed E-state index contributed by atoms with van der Waals surface area (Å²) in [5.74, 6) is -0.825. The number of aromatic nitrogens is 2. The van der Waals surface area contributed by atoms with Crippen LogP contribution in [0.4, 0.5) is 5.69 Å². The monoisotopic (exact) mass is 344 g/mol. The van der Waals surface area contributed by atoms with Crippen LogP contribution < -0.4 is 4.90 Å². The molecular formula is C17H17ClN4O2. The molecule has 7 heteroatoms. The minimum absolute atomic E-state index is 0.0867. The fraction of sp³-hybridized carbons (Fsp3) is 0.353. The van der Waals surface area contributed by atoms with Crippen LogP contribution in [0.3, 0.4) is 0 Å². The number of aromatic amines is 1. The van der Waals surface area contributed by atoms with Crippen molar-refractivity contribution in [2.75, 3.05) is 18.0 Å². The summed E-state index contributed by atoms with van der Waals surface area (Å²) in [6.45, 7) is 1.68. The van der Waals surface area contributed by atoms with Gasteiger partial charge in [-0.25, -0.2) is 0 Å². The predicted octanol–water partition coefficient (Wildman–Crippen LogP) is 2.00. The number of fused-ring (bicyclic) bond motifs is 1. The first-order chi connectivity index (χ1) is 11.6. The van der Waals surface area contributed by atoms with Crippen molar-refractivity contribution in [3.8, 4) is 0 Å². The molecule has 24 heavy (non-hydrogen) atoms. The lowest BCUT2D eigenvalue weighted by molar-refractivity contribution is -0.140. The fourth-order valence-corrected chi connectivity index (χ4v) is 3.62. The largest absolute Gasteiger partial charge is 0.337 e. The molecule has 4 rings (SSSR count). The molecule has 124 valence electrons. The van der Waals surface area contributed by atoms with Gasteiger partial charge in [-0.3, -0.25) is 14.7 Å². The first kappa shape index (κ1) is 15.2. The van der Waals surface area contributed by atoms with Crippen LogP contribution >= 0.6 is 11.6 Å². The Morgan fingerprint density at radius 3 is 3.04 bits per heavy atom. The summed E-state index contributed by atoms with van der Waals surface area (Å²) in [4.78, 5) is 28.9. The highest BCUT2D eigenvalue weighted by Gasteiger charge is 2.40. The first-order valence-corrected chi connectivity index (χ1v) is 8.38. The fourth-order valence-electron chi connectivity index (χ4n) is 3.44. The molecule has 0 aliphatic carbocycles. The van der Waals surface area contributed by atoms with Crippen molar-refractivity contribution in [3.05, 3.63) is 46.7 Å². The van der Waals surface area contributed by atoms with Gasteiger partial charge in [0.1, 0.15) is 5.92 Å². The summed E-state index contributed by atoms with van der Waals surface area (Å²) in [5.41, 5.74) is 2.86. The second-order valence-electron chi connectivity index (χ2n) is 6.19. The van der Waals surface area contributed by atoms with Crippen molar-refractivity contribution in [2.24, 2.45) is 5.92 Å². The second-order valence-corrected chi connectivity index (χ2v) is 6.63. The number of hydrogen-bond donors (Lipinski definition) is 1. The van der Waals surface area contributed by atoms with Gasteiger partial charge in [0.15, 0.2) is 0 Å². The molecule has 1 aromatic heterocycles. The number of amides is 2. The second kappa shape index (κ2) is 5.94. The third-order valence-corrected chi connectivity index (χ3v) is 4.97. The van der Waals surface area contributed by atoms with Crippen molar-refractivity contribution in [2.45, 2.75) is 19.4 Å². The third-order valence-electron chi connectivity index (χ3n) is 4.74. The molecule has 1 N–H and O–H groups in total. The van der Waals surface area contributed by atoms with Gasteiger partial charge in [0.2, 0.25) is 11.8 Å². The zero-order valence-electron chi connectivity index (χ0n) is 13.0. The van der Waals surface area contributed by atoms with Crippen LogP contribution in [0.5, 0.6) is 0 Å². The molecule has 6 nitrogen and oxygen atoms in total. The zero-order chi connectivity index (χ0) is 16.7. The van der Waals surface area contributed by atoms with E-state index >= 15 is 0 Å². The standard InChI is InChI=1S/C17H17ClN4O2/c18-12-2-1-3-13(8-12)22-7-4-14(17(22)24)16(23)21-6-5-15-11(10-21)9-19-20-15/h1-3,8-9,14H,4-7,10H2,(H,19,20)/t14-/m0/s1. The Balaban J connectivity index is 1.49. The number of hydrogen-bond acceptors (Lipinski definition) is 3. The number of rotatable bonds is 2. The number of anilines is 1. The molecular weight excluding hydrogens is 328 g/mol. The maximum absolute atomic E-state index is 12.8. The zero-order valence-corrected chi connectivity index (χ0v) is 13.8. The summed E-state index contributed by atoms with van der Waals surface area (Å²) >= 11 is 6.01. The van der Waals surface area contributed by atoms with Crippen molar-refractivity contribution in [1.29, 1.82) is 0 Å². The van der Waals surface area contributed by atoms with E-state index < -0.39 is 5.92 Å². The normalized spacial score (nSPS) is 20.4. The molecule has 0 spiro atoms. The highest BCUT2D eigenvalue weighted by atomic mass is 35.5. The maximum Gasteiger partial charge on any atom is 0.239 e. The molecule has 3 heterocycles. The van der Waals surface area contributed by atoms with E-state index in [0.717, 1.165) is 23.4 Å². The highest BCUT2D eigenvalue weighted by molar-refractivity contribution is 6.31. The van der Waals surface area contributed by atoms with Crippen LogP contribution in [0.1, 0.15) is 17.7 Å². The molecule has 2 aliphatic rings. The SMILES string of the molecule is O=C([C@@H]1CCN(c2cccc(Cl)c2)C1=O)N1CCc2[nH]ncc2C1. The summed E-state index contributed by atoms with van der Waals surface area (Å²) < 4.78 is 0. The van der Waals surface area contributed by atoms with Gasteiger partial charge in [-0.1, -0.05) is 17.7 Å². The average molecular weight is 345 g/mol. The van der Waals surface area contributed by atoms with E-state index in [2.05, 4.69) is 10.2 Å². The molecule has 1 fully saturated rings. The molecule has 1 atom stereocenters. The Labute approximate surface area is 144 Å². The van der Waals surface area contributed by atoms with Gasteiger partial charge in [0.25, 0.3) is 0 Å². The predicted molar refractivity (Wildman–Crippen MR) is 89.6 cm³/mol. The van der Waals surface area contributed by atoms with Crippen LogP contribution in [0.15, 0.2) is 30.5 Å². The number of halogens is 1. The van der Waals surface area contributed by atoms with E-state index in [4.69, 9.17) is 11.6 Å². The molecule has 0 saturated carbocycles. The van der Waals surface area contributed by atoms with E-state index in [0.29, 0.717) is 31.1 Å². The minimum Gasteiger partial charge on any atom is -0.337 e.